The fourth-order valence-corrected chi connectivity index (χ4v) is 7.13. The Hall–Kier alpha value is -6.07. The minimum atomic E-state index is -1.16. The molecule has 0 aliphatic carbocycles. The van der Waals surface area contributed by atoms with Crippen molar-refractivity contribution in [1.82, 2.24) is 39.3 Å². The molecule has 6 rings (SSSR count). The molecule has 1 saturated heterocycles. The molecule has 0 spiro atoms. The summed E-state index contributed by atoms with van der Waals surface area (Å²) in [5, 5.41) is 17.2. The van der Waals surface area contributed by atoms with Crippen molar-refractivity contribution in [3.8, 4) is 22.4 Å². The maximum atomic E-state index is 15.7. The van der Waals surface area contributed by atoms with E-state index in [1.807, 2.05) is 11.8 Å². The lowest BCUT2D eigenvalue weighted by Gasteiger charge is -2.36. The maximum Gasteiger partial charge on any atom is 0.291 e. The Morgan fingerprint density at radius 3 is 2.33 bits per heavy atom. The second-order valence-corrected chi connectivity index (χ2v) is 14.8. The number of nitrogens with one attached hydrogen (secondary N) is 3. The maximum absolute atomic E-state index is 15.7. The van der Waals surface area contributed by atoms with Crippen LogP contribution in [0.25, 0.3) is 22.4 Å². The molecule has 4 amide bonds. The van der Waals surface area contributed by atoms with E-state index in [1.165, 1.54) is 64.1 Å². The molecule has 1 aliphatic rings. The van der Waals surface area contributed by atoms with E-state index in [9.17, 15) is 19.2 Å². The SMILES string of the molecule is CCC(CC[NH+](C)C)C(=O)N1CCN(C(=O)c2ccc(NC(=O)c3ncc(-c4ccc(-c5cn(CC(=O)Nc6cccnn6)nc5C)c(F)c4F)n3C)cc2Cl)CC1. The quantitative estimate of drug-likeness (QED) is 0.162. The minimum Gasteiger partial charge on any atom is -0.340 e. The molecule has 0 radical (unpaired) electrons. The summed E-state index contributed by atoms with van der Waals surface area (Å²) in [6.07, 6.45) is 5.77. The van der Waals surface area contributed by atoms with Crippen molar-refractivity contribution in [2.24, 2.45) is 13.0 Å². The lowest BCUT2D eigenvalue weighted by molar-refractivity contribution is -0.858. The second-order valence-electron chi connectivity index (χ2n) is 14.4. The van der Waals surface area contributed by atoms with Gasteiger partial charge in [-0.2, -0.15) is 10.2 Å². The average molecular weight is 817 g/mol. The Labute approximate surface area is 339 Å². The number of anilines is 2. The molecule has 0 saturated carbocycles. The van der Waals surface area contributed by atoms with Crippen molar-refractivity contribution >= 4 is 46.7 Å². The molecule has 1 atom stereocenters. The van der Waals surface area contributed by atoms with Gasteiger partial charge in [0.25, 0.3) is 11.8 Å². The molecule has 3 aromatic heterocycles. The number of aryl methyl sites for hydroxylation is 1. The van der Waals surface area contributed by atoms with Crippen LogP contribution < -0.4 is 15.5 Å². The van der Waals surface area contributed by atoms with Gasteiger partial charge in [0.15, 0.2) is 23.3 Å². The van der Waals surface area contributed by atoms with Crippen LogP contribution in [0.4, 0.5) is 20.3 Å². The molecule has 58 heavy (non-hydrogen) atoms. The van der Waals surface area contributed by atoms with Gasteiger partial charge in [-0.15, -0.1) is 5.10 Å². The number of hydrogen-bond acceptors (Lipinski definition) is 8. The van der Waals surface area contributed by atoms with Crippen LogP contribution in [0.1, 0.15) is 46.4 Å². The first-order chi connectivity index (χ1) is 27.7. The molecular formula is C40H45ClF2N11O4+. The van der Waals surface area contributed by atoms with Crippen LogP contribution in [-0.4, -0.2) is 110 Å². The van der Waals surface area contributed by atoms with Crippen LogP contribution in [0.2, 0.25) is 5.02 Å². The molecule has 0 bridgehead atoms. The zero-order chi connectivity index (χ0) is 41.7. The van der Waals surface area contributed by atoms with Crippen LogP contribution in [-0.2, 0) is 23.2 Å². The number of benzene rings is 2. The van der Waals surface area contributed by atoms with Gasteiger partial charge in [0.05, 0.1) is 48.8 Å². The first-order valence-corrected chi connectivity index (χ1v) is 19.2. The van der Waals surface area contributed by atoms with Crippen molar-refractivity contribution in [3.05, 3.63) is 94.8 Å². The minimum absolute atomic E-state index is 0.0402. The number of carbonyl (C=O) groups excluding carboxylic acids is 4. The van der Waals surface area contributed by atoms with E-state index in [-0.39, 0.29) is 68.9 Å². The second kappa shape index (κ2) is 18.0. The van der Waals surface area contributed by atoms with Gasteiger partial charge in [-0.1, -0.05) is 24.6 Å². The molecule has 3 N–H and O–H groups in total. The summed E-state index contributed by atoms with van der Waals surface area (Å²) >= 11 is 6.55. The standard InChI is InChI=1S/C40H44ClF2N11O4/c1-6-25(13-15-50(3)4)39(57)52-16-18-53(19-17-52)40(58)28-10-9-26(20-31(28)41)46-38(56)37-44-21-32(51(37)5)29-12-11-27(35(42)36(29)43)30-22-54(49-24(30)2)23-34(55)47-33-8-7-14-45-48-33/h7-12,14,20-22,25H,6,13,15-19,23H2,1-5H3,(H,46,56)(H,47,48,55)/p+1. The Morgan fingerprint density at radius 1 is 0.948 bits per heavy atom. The number of quaternary nitrogens is 1. The van der Waals surface area contributed by atoms with Crippen LogP contribution in [0.15, 0.2) is 61.1 Å². The van der Waals surface area contributed by atoms with Crippen LogP contribution in [0, 0.1) is 24.5 Å². The fraction of sp³-hybridized carbons (Fsp3) is 0.350. The summed E-state index contributed by atoms with van der Waals surface area (Å²) in [6.45, 7) is 5.97. The van der Waals surface area contributed by atoms with Crippen LogP contribution in [0.5, 0.6) is 0 Å². The third kappa shape index (κ3) is 9.21. The van der Waals surface area contributed by atoms with Gasteiger partial charge < -0.3 is 29.9 Å². The van der Waals surface area contributed by atoms with Crippen molar-refractivity contribution in [1.29, 1.82) is 0 Å². The van der Waals surface area contributed by atoms with E-state index in [0.29, 0.717) is 37.6 Å². The number of aromatic nitrogens is 6. The van der Waals surface area contributed by atoms with Crippen molar-refractivity contribution in [2.75, 3.05) is 57.5 Å². The van der Waals surface area contributed by atoms with Crippen molar-refractivity contribution in [2.45, 2.75) is 33.2 Å². The number of nitrogens with zero attached hydrogens (tertiary/aromatic N) is 8. The summed E-state index contributed by atoms with van der Waals surface area (Å²) in [5.74, 6) is -3.41. The highest BCUT2D eigenvalue weighted by Gasteiger charge is 2.30. The number of amides is 4. The highest BCUT2D eigenvalue weighted by Crippen LogP contribution is 2.33. The zero-order valence-electron chi connectivity index (χ0n) is 32.9. The molecular weight excluding hydrogens is 772 g/mol. The fourth-order valence-electron chi connectivity index (χ4n) is 6.86. The third-order valence-electron chi connectivity index (χ3n) is 10.1. The van der Waals surface area contributed by atoms with E-state index in [4.69, 9.17) is 11.6 Å². The highest BCUT2D eigenvalue weighted by atomic mass is 35.5. The Bertz CT molecular complexity index is 2320. The van der Waals surface area contributed by atoms with Crippen LogP contribution >= 0.6 is 11.6 Å². The number of halogens is 3. The number of hydrogen-bond donors (Lipinski definition) is 3. The van der Waals surface area contributed by atoms with Crippen molar-refractivity contribution in [3.63, 3.8) is 0 Å². The number of imidazole rings is 1. The Morgan fingerprint density at radius 2 is 1.66 bits per heavy atom. The molecule has 2 aromatic carbocycles. The largest absolute Gasteiger partial charge is 0.340 e. The van der Waals surface area contributed by atoms with E-state index < -0.39 is 23.4 Å². The molecule has 18 heteroatoms. The lowest BCUT2D eigenvalue weighted by Crippen LogP contribution is -3.05. The molecule has 304 valence electrons. The predicted molar refractivity (Wildman–Crippen MR) is 213 cm³/mol. The predicted octanol–water partition coefficient (Wildman–Crippen LogP) is 3.72. The Kier molecular flexibility index (Phi) is 12.9. The van der Waals surface area contributed by atoms with Gasteiger partial charge in [-0.3, -0.25) is 23.9 Å². The topological polar surface area (TPSA) is 165 Å². The van der Waals surface area contributed by atoms with E-state index in [0.717, 1.165) is 19.4 Å². The molecule has 5 aromatic rings. The number of piperazine rings is 1. The molecule has 1 fully saturated rings. The summed E-state index contributed by atoms with van der Waals surface area (Å²) in [5.41, 5.74) is 1.16. The summed E-state index contributed by atoms with van der Waals surface area (Å²) in [4.78, 5) is 61.3. The molecule has 15 nitrogen and oxygen atoms in total. The number of rotatable bonds is 13. The Balaban J connectivity index is 1.08. The van der Waals surface area contributed by atoms with Gasteiger partial charge in [-0.25, -0.2) is 13.8 Å². The molecule has 1 aliphatic heterocycles. The summed E-state index contributed by atoms with van der Waals surface area (Å²) < 4.78 is 34.0. The van der Waals surface area contributed by atoms with Gasteiger partial charge in [0, 0.05) is 80.3 Å². The monoisotopic (exact) mass is 816 g/mol. The van der Waals surface area contributed by atoms with Crippen LogP contribution in [0.3, 0.4) is 0 Å². The summed E-state index contributed by atoms with van der Waals surface area (Å²) in [7, 11) is 5.63. The highest BCUT2D eigenvalue weighted by molar-refractivity contribution is 6.34. The van der Waals surface area contributed by atoms with E-state index in [1.54, 1.807) is 30.0 Å². The van der Waals surface area contributed by atoms with E-state index in [2.05, 4.69) is 45.0 Å². The third-order valence-corrected chi connectivity index (χ3v) is 10.4. The van der Waals surface area contributed by atoms with Gasteiger partial charge >= 0.3 is 0 Å². The number of carbonyl (C=O) groups is 4. The average Bonchev–Trinajstić information content (AvgIpc) is 3.76. The normalized spacial score (nSPS) is 13.5. The zero-order valence-corrected chi connectivity index (χ0v) is 33.6. The van der Waals surface area contributed by atoms with E-state index >= 15 is 8.78 Å². The summed E-state index contributed by atoms with van der Waals surface area (Å²) in [6, 6.07) is 10.5. The lowest BCUT2D eigenvalue weighted by atomic mass is 10.00. The first kappa shape index (κ1) is 41.6. The molecule has 4 heterocycles. The smallest absolute Gasteiger partial charge is 0.291 e. The first-order valence-electron chi connectivity index (χ1n) is 18.9. The van der Waals surface area contributed by atoms with Gasteiger partial charge in [-0.05, 0) is 49.7 Å². The van der Waals surface area contributed by atoms with Crippen molar-refractivity contribution < 1.29 is 32.9 Å². The van der Waals surface area contributed by atoms with Gasteiger partial charge in [0.2, 0.25) is 11.8 Å². The van der Waals surface area contributed by atoms with Gasteiger partial charge in [0.1, 0.15) is 6.54 Å². The molecule has 1 unspecified atom stereocenters.